The highest BCUT2D eigenvalue weighted by Gasteiger charge is 2.06. The molecular formula is C8H16ClN. The van der Waals surface area contributed by atoms with Gasteiger partial charge in [0.15, 0.2) is 0 Å². The number of halogens is 1. The summed E-state index contributed by atoms with van der Waals surface area (Å²) in [5.41, 5.74) is 2.42. The first-order valence-electron chi connectivity index (χ1n) is 3.56. The molecule has 0 amide bonds. The van der Waals surface area contributed by atoms with Gasteiger partial charge in [-0.15, -0.1) is 0 Å². The maximum atomic E-state index is 5.94. The van der Waals surface area contributed by atoms with Gasteiger partial charge in [0, 0.05) is 23.5 Å². The van der Waals surface area contributed by atoms with E-state index >= 15 is 0 Å². The molecule has 0 radical (unpaired) electrons. The van der Waals surface area contributed by atoms with Gasteiger partial charge < -0.3 is 0 Å². The zero-order valence-corrected chi connectivity index (χ0v) is 8.16. The van der Waals surface area contributed by atoms with E-state index in [0.717, 1.165) is 5.70 Å². The minimum Gasteiger partial charge on any atom is -0.287 e. The van der Waals surface area contributed by atoms with Crippen molar-refractivity contribution in [2.45, 2.75) is 40.7 Å². The van der Waals surface area contributed by atoms with Gasteiger partial charge in [0.2, 0.25) is 0 Å². The highest BCUT2D eigenvalue weighted by atomic mass is 35.5. The van der Waals surface area contributed by atoms with Gasteiger partial charge in [0.05, 0.1) is 0 Å². The fourth-order valence-electron chi connectivity index (χ4n) is 0.601. The minimum absolute atomic E-state index is 0.372. The smallest absolute Gasteiger partial charge is 0.0399 e. The third kappa shape index (κ3) is 2.61. The van der Waals surface area contributed by atoms with E-state index in [-0.39, 0.29) is 0 Å². The number of hydrogen-bond acceptors (Lipinski definition) is 1. The molecule has 0 saturated carbocycles. The maximum absolute atomic E-state index is 5.94. The number of rotatable bonds is 2. The van der Waals surface area contributed by atoms with Gasteiger partial charge in [0.25, 0.3) is 0 Å². The molecule has 0 unspecified atom stereocenters. The predicted molar refractivity (Wildman–Crippen MR) is 46.9 cm³/mol. The van der Waals surface area contributed by atoms with E-state index < -0.39 is 0 Å². The van der Waals surface area contributed by atoms with E-state index in [1.807, 2.05) is 6.92 Å². The molecule has 0 atom stereocenters. The Bertz CT molecular complexity index is 134. The molecule has 0 aliphatic carbocycles. The molecule has 1 nitrogen and oxygen atoms in total. The Kier molecular flexibility index (Phi) is 3.80. The predicted octanol–water partition coefficient (Wildman–Crippen LogP) is 3.16. The third-order valence-corrected chi connectivity index (χ3v) is 2.14. The van der Waals surface area contributed by atoms with Crippen LogP contribution in [0.1, 0.15) is 34.6 Å². The van der Waals surface area contributed by atoms with E-state index in [1.165, 1.54) is 5.57 Å². The topological polar surface area (TPSA) is 3.24 Å². The van der Waals surface area contributed by atoms with Crippen molar-refractivity contribution in [2.75, 3.05) is 0 Å². The van der Waals surface area contributed by atoms with Crippen molar-refractivity contribution in [3.05, 3.63) is 11.3 Å². The van der Waals surface area contributed by atoms with E-state index in [0.29, 0.717) is 6.04 Å². The van der Waals surface area contributed by atoms with Crippen LogP contribution in [0.25, 0.3) is 0 Å². The van der Waals surface area contributed by atoms with E-state index in [2.05, 4.69) is 27.7 Å². The van der Waals surface area contributed by atoms with Crippen LogP contribution in [0.3, 0.4) is 0 Å². The first-order chi connectivity index (χ1) is 4.46. The summed E-state index contributed by atoms with van der Waals surface area (Å²) in [6.07, 6.45) is 0. The monoisotopic (exact) mass is 161 g/mol. The second-order valence-corrected chi connectivity index (χ2v) is 3.35. The van der Waals surface area contributed by atoms with Crippen molar-refractivity contribution in [3.63, 3.8) is 0 Å². The molecule has 2 heteroatoms. The van der Waals surface area contributed by atoms with Crippen LogP contribution in [0.5, 0.6) is 0 Å². The largest absolute Gasteiger partial charge is 0.287 e. The molecule has 0 bridgehead atoms. The maximum Gasteiger partial charge on any atom is 0.0399 e. The molecule has 0 rings (SSSR count). The fourth-order valence-corrected chi connectivity index (χ4v) is 0.770. The van der Waals surface area contributed by atoms with Crippen LogP contribution >= 0.6 is 11.8 Å². The Morgan fingerprint density at radius 3 is 1.70 bits per heavy atom. The molecule has 0 aliphatic heterocycles. The van der Waals surface area contributed by atoms with Crippen molar-refractivity contribution in [2.24, 2.45) is 0 Å². The van der Waals surface area contributed by atoms with Gasteiger partial charge in [-0.05, 0) is 34.6 Å². The highest BCUT2D eigenvalue weighted by molar-refractivity contribution is 6.14. The van der Waals surface area contributed by atoms with E-state index in [9.17, 15) is 0 Å². The van der Waals surface area contributed by atoms with Gasteiger partial charge in [-0.2, -0.15) is 0 Å². The summed E-state index contributed by atoms with van der Waals surface area (Å²) in [6.45, 7) is 10.3. The zero-order chi connectivity index (χ0) is 8.31. The van der Waals surface area contributed by atoms with Crippen molar-refractivity contribution in [1.29, 1.82) is 0 Å². The summed E-state index contributed by atoms with van der Waals surface area (Å²) < 4.78 is 1.76. The van der Waals surface area contributed by atoms with Crippen LogP contribution in [0, 0.1) is 0 Å². The Morgan fingerprint density at radius 1 is 1.20 bits per heavy atom. The average Bonchev–Trinajstić information content (AvgIpc) is 1.84. The van der Waals surface area contributed by atoms with Crippen LogP contribution in [-0.4, -0.2) is 10.5 Å². The second-order valence-electron chi connectivity index (χ2n) is 2.99. The lowest BCUT2D eigenvalue weighted by Gasteiger charge is -2.21. The van der Waals surface area contributed by atoms with Crippen LogP contribution in [0.15, 0.2) is 11.3 Å². The lowest BCUT2D eigenvalue weighted by molar-refractivity contribution is 0.456. The summed E-state index contributed by atoms with van der Waals surface area (Å²) in [5, 5.41) is 0. The molecule has 0 saturated heterocycles. The van der Waals surface area contributed by atoms with Crippen LogP contribution < -0.4 is 0 Å². The lowest BCUT2D eigenvalue weighted by atomic mass is 10.2. The van der Waals surface area contributed by atoms with E-state index in [1.54, 1.807) is 4.42 Å². The van der Waals surface area contributed by atoms with Crippen LogP contribution in [0.2, 0.25) is 0 Å². The molecule has 0 aliphatic rings. The quantitative estimate of drug-likeness (QED) is 0.563. The highest BCUT2D eigenvalue weighted by Crippen LogP contribution is 2.15. The van der Waals surface area contributed by atoms with Crippen molar-refractivity contribution in [3.8, 4) is 0 Å². The Labute approximate surface area is 68.8 Å². The fraction of sp³-hybridized carbons (Fsp3) is 0.750. The number of allylic oxidation sites excluding steroid dienone is 2. The Morgan fingerprint density at radius 2 is 1.60 bits per heavy atom. The summed E-state index contributed by atoms with van der Waals surface area (Å²) in [4.78, 5) is 0. The molecule has 0 heterocycles. The first-order valence-corrected chi connectivity index (χ1v) is 3.89. The molecule has 10 heavy (non-hydrogen) atoms. The first kappa shape index (κ1) is 9.83. The molecule has 60 valence electrons. The van der Waals surface area contributed by atoms with Gasteiger partial charge in [-0.3, -0.25) is 4.42 Å². The SMILES string of the molecule is CC(C)=C(C)N(Cl)C(C)C. The number of nitrogens with zero attached hydrogens (tertiary/aromatic N) is 1. The molecule has 0 aromatic carbocycles. The van der Waals surface area contributed by atoms with Gasteiger partial charge in [-0.1, -0.05) is 5.57 Å². The van der Waals surface area contributed by atoms with Gasteiger partial charge in [-0.25, -0.2) is 0 Å². The normalized spacial score (nSPS) is 9.90. The third-order valence-electron chi connectivity index (χ3n) is 1.50. The molecule has 0 aromatic heterocycles. The van der Waals surface area contributed by atoms with Gasteiger partial charge in [0.1, 0.15) is 0 Å². The molecule has 0 fully saturated rings. The van der Waals surface area contributed by atoms with Gasteiger partial charge >= 0.3 is 0 Å². The van der Waals surface area contributed by atoms with Crippen molar-refractivity contribution in [1.82, 2.24) is 4.42 Å². The zero-order valence-electron chi connectivity index (χ0n) is 7.40. The van der Waals surface area contributed by atoms with Crippen LogP contribution in [0.4, 0.5) is 0 Å². The summed E-state index contributed by atoms with van der Waals surface area (Å²) in [5.74, 6) is 0. The summed E-state index contributed by atoms with van der Waals surface area (Å²) >= 11 is 5.94. The van der Waals surface area contributed by atoms with Crippen LogP contribution in [-0.2, 0) is 0 Å². The molecular weight excluding hydrogens is 146 g/mol. The second kappa shape index (κ2) is 3.87. The Balaban J connectivity index is 4.22. The summed E-state index contributed by atoms with van der Waals surface area (Å²) in [7, 11) is 0. The molecule has 0 N–H and O–H groups in total. The standard InChI is InChI=1S/C8H16ClN/c1-6(2)8(5)10(9)7(3)4/h7H,1-5H3. The van der Waals surface area contributed by atoms with E-state index in [4.69, 9.17) is 11.8 Å². The lowest BCUT2D eigenvalue weighted by Crippen LogP contribution is -2.19. The molecule has 0 spiro atoms. The molecule has 0 aromatic rings. The summed E-state index contributed by atoms with van der Waals surface area (Å²) in [6, 6.07) is 0.372. The number of hydrogen-bond donors (Lipinski definition) is 0. The minimum atomic E-state index is 0.372. The van der Waals surface area contributed by atoms with Crippen molar-refractivity contribution >= 4 is 11.8 Å². The average molecular weight is 162 g/mol. The Hall–Kier alpha value is -0.170. The van der Waals surface area contributed by atoms with Crippen molar-refractivity contribution < 1.29 is 0 Å².